The largest absolute Gasteiger partial charge is 0.507 e. The Balaban J connectivity index is 1.58. The lowest BCUT2D eigenvalue weighted by Gasteiger charge is -2.28. The topological polar surface area (TPSA) is 70.9 Å². The van der Waals surface area contributed by atoms with Crippen molar-refractivity contribution in [2.45, 2.75) is 71.8 Å². The molecule has 0 aliphatic heterocycles. The van der Waals surface area contributed by atoms with Crippen molar-refractivity contribution in [3.05, 3.63) is 93.0 Å². The molecule has 37 heavy (non-hydrogen) atoms. The van der Waals surface area contributed by atoms with E-state index in [4.69, 9.17) is 4.74 Å². The monoisotopic (exact) mass is 564 g/mol. The summed E-state index contributed by atoms with van der Waals surface area (Å²) in [6.07, 6.45) is 2.47. The van der Waals surface area contributed by atoms with Gasteiger partial charge in [-0.15, -0.1) is 0 Å². The number of nitrogens with zero attached hydrogens (tertiary/aromatic N) is 1. The van der Waals surface area contributed by atoms with Crippen molar-refractivity contribution in [1.82, 2.24) is 5.43 Å². The van der Waals surface area contributed by atoms with Crippen LogP contribution in [-0.4, -0.2) is 17.2 Å². The van der Waals surface area contributed by atoms with E-state index in [0.717, 1.165) is 38.0 Å². The van der Waals surface area contributed by atoms with E-state index in [1.165, 1.54) is 0 Å². The highest BCUT2D eigenvalue weighted by Gasteiger charge is 2.26. The molecule has 0 aliphatic carbocycles. The minimum atomic E-state index is -0.205. The zero-order valence-corrected chi connectivity index (χ0v) is 24.1. The van der Waals surface area contributed by atoms with Crippen LogP contribution in [0.3, 0.4) is 0 Å². The van der Waals surface area contributed by atoms with Crippen molar-refractivity contribution < 1.29 is 14.6 Å². The molecule has 0 bridgehead atoms. The Morgan fingerprint density at radius 2 is 1.57 bits per heavy atom. The SMILES string of the molecule is CC(C)(C)c1cc(CCC(=O)N/N=C\c2cccc(OCc3ccc(Br)cc3)c2)cc(C(C)(C)C)c1O. The molecule has 196 valence electrons. The molecule has 0 spiro atoms. The molecule has 0 radical (unpaired) electrons. The number of aryl methyl sites for hydroxylation is 1. The second-order valence-electron chi connectivity index (χ2n) is 11.3. The number of hydrogen-bond acceptors (Lipinski definition) is 4. The highest BCUT2D eigenvalue weighted by molar-refractivity contribution is 9.10. The molecular weight excluding hydrogens is 528 g/mol. The molecule has 0 fully saturated rings. The number of hydrogen-bond donors (Lipinski definition) is 2. The molecule has 0 aromatic heterocycles. The highest BCUT2D eigenvalue weighted by Crippen LogP contribution is 2.40. The maximum atomic E-state index is 12.5. The molecule has 0 aliphatic rings. The van der Waals surface area contributed by atoms with Crippen LogP contribution in [0, 0.1) is 0 Å². The van der Waals surface area contributed by atoms with Crippen LogP contribution >= 0.6 is 15.9 Å². The van der Waals surface area contributed by atoms with Gasteiger partial charge in [0, 0.05) is 10.9 Å². The van der Waals surface area contributed by atoms with Gasteiger partial charge in [0.25, 0.3) is 0 Å². The van der Waals surface area contributed by atoms with Crippen molar-refractivity contribution in [3.63, 3.8) is 0 Å². The van der Waals surface area contributed by atoms with Crippen LogP contribution in [-0.2, 0) is 28.7 Å². The highest BCUT2D eigenvalue weighted by atomic mass is 79.9. The van der Waals surface area contributed by atoms with Crippen molar-refractivity contribution >= 4 is 28.1 Å². The first-order valence-corrected chi connectivity index (χ1v) is 13.3. The van der Waals surface area contributed by atoms with Gasteiger partial charge >= 0.3 is 0 Å². The van der Waals surface area contributed by atoms with Crippen LogP contribution in [0.25, 0.3) is 0 Å². The first-order chi connectivity index (χ1) is 17.3. The van der Waals surface area contributed by atoms with Gasteiger partial charge in [-0.2, -0.15) is 5.10 Å². The van der Waals surface area contributed by atoms with Crippen molar-refractivity contribution in [3.8, 4) is 11.5 Å². The van der Waals surface area contributed by atoms with E-state index in [0.29, 0.717) is 25.2 Å². The molecule has 0 atom stereocenters. The van der Waals surface area contributed by atoms with Crippen LogP contribution in [0.5, 0.6) is 11.5 Å². The molecule has 3 rings (SSSR count). The van der Waals surface area contributed by atoms with Gasteiger partial charge in [-0.3, -0.25) is 4.79 Å². The van der Waals surface area contributed by atoms with Gasteiger partial charge < -0.3 is 9.84 Å². The van der Waals surface area contributed by atoms with Gasteiger partial charge in [0.05, 0.1) is 6.21 Å². The van der Waals surface area contributed by atoms with Crippen LogP contribution in [0.4, 0.5) is 0 Å². The number of halogens is 1. The van der Waals surface area contributed by atoms with Gasteiger partial charge in [0.15, 0.2) is 0 Å². The minimum absolute atomic E-state index is 0.165. The number of carbonyl (C=O) groups excluding carboxylic acids is 1. The van der Waals surface area contributed by atoms with Gasteiger partial charge in [0.1, 0.15) is 18.1 Å². The summed E-state index contributed by atoms with van der Waals surface area (Å²) in [5.41, 5.74) is 6.94. The van der Waals surface area contributed by atoms with E-state index < -0.39 is 0 Å². The second kappa shape index (κ2) is 12.0. The molecule has 0 unspecified atom stereocenters. The Bertz CT molecular complexity index is 1220. The van der Waals surface area contributed by atoms with E-state index in [1.807, 2.05) is 60.7 Å². The van der Waals surface area contributed by atoms with Crippen molar-refractivity contribution in [1.29, 1.82) is 0 Å². The molecule has 3 aromatic carbocycles. The number of carbonyl (C=O) groups is 1. The Labute approximate surface area is 229 Å². The second-order valence-corrected chi connectivity index (χ2v) is 12.2. The summed E-state index contributed by atoms with van der Waals surface area (Å²) in [5, 5.41) is 15.0. The number of hydrazone groups is 1. The first-order valence-electron chi connectivity index (χ1n) is 12.5. The van der Waals surface area contributed by atoms with E-state index >= 15 is 0 Å². The molecule has 2 N–H and O–H groups in total. The summed E-state index contributed by atoms with van der Waals surface area (Å²) >= 11 is 3.43. The molecule has 6 heteroatoms. The average Bonchev–Trinajstić information content (AvgIpc) is 2.82. The number of ether oxygens (including phenoxy) is 1. The standard InChI is InChI=1S/C31H37BrN2O3/c1-30(2,3)26-17-22(18-27(29(26)36)31(4,5)6)12-15-28(35)34-33-19-23-8-7-9-25(16-23)37-20-21-10-13-24(32)14-11-21/h7-11,13-14,16-19,36H,12,15,20H2,1-6H3,(H,34,35)/b33-19-. The average molecular weight is 566 g/mol. The maximum absolute atomic E-state index is 12.5. The summed E-state index contributed by atoms with van der Waals surface area (Å²) in [6.45, 7) is 13.0. The predicted molar refractivity (Wildman–Crippen MR) is 154 cm³/mol. The van der Waals surface area contributed by atoms with Gasteiger partial charge in [0.2, 0.25) is 5.91 Å². The van der Waals surface area contributed by atoms with E-state index in [2.05, 4.69) is 68.0 Å². The fourth-order valence-corrected chi connectivity index (χ4v) is 4.17. The third kappa shape index (κ3) is 8.46. The Morgan fingerprint density at radius 3 is 2.16 bits per heavy atom. The number of nitrogens with one attached hydrogen (secondary N) is 1. The molecule has 3 aromatic rings. The van der Waals surface area contributed by atoms with Crippen molar-refractivity contribution in [2.75, 3.05) is 0 Å². The summed E-state index contributed by atoms with van der Waals surface area (Å²) < 4.78 is 6.91. The third-order valence-electron chi connectivity index (χ3n) is 6.01. The zero-order valence-electron chi connectivity index (χ0n) is 22.6. The molecular formula is C31H37BrN2O3. The van der Waals surface area contributed by atoms with Gasteiger partial charge in [-0.05, 0) is 69.3 Å². The lowest BCUT2D eigenvalue weighted by atomic mass is 9.78. The predicted octanol–water partition coefficient (Wildman–Crippen LogP) is 7.41. The van der Waals surface area contributed by atoms with Crippen LogP contribution in [0.2, 0.25) is 0 Å². The smallest absolute Gasteiger partial charge is 0.240 e. The lowest BCUT2D eigenvalue weighted by Crippen LogP contribution is -2.20. The van der Waals surface area contributed by atoms with Crippen LogP contribution in [0.1, 0.15) is 75.8 Å². The lowest BCUT2D eigenvalue weighted by molar-refractivity contribution is -0.121. The van der Waals surface area contributed by atoms with Gasteiger partial charge in [-0.1, -0.05) is 93.9 Å². The Kier molecular flexibility index (Phi) is 9.19. The number of amides is 1. The Hall–Kier alpha value is -3.12. The van der Waals surface area contributed by atoms with E-state index in [9.17, 15) is 9.90 Å². The number of phenols is 1. The Morgan fingerprint density at radius 1 is 0.946 bits per heavy atom. The minimum Gasteiger partial charge on any atom is -0.507 e. The molecule has 0 saturated heterocycles. The summed E-state index contributed by atoms with van der Waals surface area (Å²) in [6, 6.07) is 19.6. The molecule has 5 nitrogen and oxygen atoms in total. The quantitative estimate of drug-likeness (QED) is 0.221. The van der Waals surface area contributed by atoms with Crippen LogP contribution in [0.15, 0.2) is 70.2 Å². The van der Waals surface area contributed by atoms with E-state index in [-0.39, 0.29) is 16.7 Å². The fraction of sp³-hybridized carbons (Fsp3) is 0.355. The normalized spacial score (nSPS) is 12.1. The van der Waals surface area contributed by atoms with Gasteiger partial charge in [-0.25, -0.2) is 5.43 Å². The fourth-order valence-electron chi connectivity index (χ4n) is 3.91. The first kappa shape index (κ1) is 28.5. The summed E-state index contributed by atoms with van der Waals surface area (Å²) in [4.78, 5) is 12.5. The molecule has 1 amide bonds. The molecule has 0 saturated carbocycles. The number of aromatic hydroxyl groups is 1. The summed E-state index contributed by atoms with van der Waals surface area (Å²) in [5.74, 6) is 0.914. The molecule has 0 heterocycles. The van der Waals surface area contributed by atoms with E-state index in [1.54, 1.807) is 6.21 Å². The third-order valence-corrected chi connectivity index (χ3v) is 6.53. The maximum Gasteiger partial charge on any atom is 0.240 e. The van der Waals surface area contributed by atoms with Crippen LogP contribution < -0.4 is 10.2 Å². The van der Waals surface area contributed by atoms with Crippen molar-refractivity contribution in [2.24, 2.45) is 5.10 Å². The number of benzene rings is 3. The number of phenolic OH excluding ortho intramolecular Hbond substituents is 1. The summed E-state index contributed by atoms with van der Waals surface area (Å²) in [7, 11) is 0. The number of rotatable bonds is 8. The zero-order chi connectivity index (χ0) is 27.2.